The van der Waals surface area contributed by atoms with Crippen LogP contribution in [0.5, 0.6) is 0 Å². The molecule has 0 aliphatic carbocycles. The number of rotatable bonds is 6. The smallest absolute Gasteiger partial charge is 0.105 e. The van der Waals surface area contributed by atoms with E-state index in [1.807, 2.05) is 12.1 Å². The Bertz CT molecular complexity index is 435. The number of hydrogen-bond donors (Lipinski definition) is 1. The van der Waals surface area contributed by atoms with E-state index in [0.29, 0.717) is 12.0 Å². The van der Waals surface area contributed by atoms with Gasteiger partial charge in [0.15, 0.2) is 0 Å². The first kappa shape index (κ1) is 12.9. The minimum atomic E-state index is 0.433. The van der Waals surface area contributed by atoms with Gasteiger partial charge in [-0.25, -0.2) is 0 Å². The van der Waals surface area contributed by atoms with Gasteiger partial charge in [-0.15, -0.1) is 0 Å². The Kier molecular flexibility index (Phi) is 4.59. The van der Waals surface area contributed by atoms with E-state index in [1.54, 1.807) is 6.26 Å². The Morgan fingerprint density at radius 3 is 2.50 bits per heavy atom. The van der Waals surface area contributed by atoms with E-state index in [4.69, 9.17) is 4.42 Å². The summed E-state index contributed by atoms with van der Waals surface area (Å²) in [5, 5.41) is 3.56. The Morgan fingerprint density at radius 1 is 1.06 bits per heavy atom. The first-order valence-corrected chi connectivity index (χ1v) is 6.56. The Morgan fingerprint density at radius 2 is 1.83 bits per heavy atom. The summed E-state index contributed by atoms with van der Waals surface area (Å²) in [5.74, 6) is 1.58. The minimum absolute atomic E-state index is 0.433. The van der Waals surface area contributed by atoms with Crippen LogP contribution in [0, 0.1) is 0 Å². The molecule has 1 N–H and O–H groups in total. The van der Waals surface area contributed by atoms with E-state index >= 15 is 0 Å². The summed E-state index contributed by atoms with van der Waals surface area (Å²) in [6.45, 7) is 5.44. The third kappa shape index (κ3) is 3.74. The molecular weight excluding hydrogens is 222 g/mol. The molecule has 0 radical (unpaired) electrons. The molecule has 0 aliphatic rings. The van der Waals surface area contributed by atoms with E-state index in [0.717, 1.165) is 18.7 Å². The van der Waals surface area contributed by atoms with Crippen molar-refractivity contribution in [1.29, 1.82) is 0 Å². The Balaban J connectivity index is 1.77. The third-order valence-electron chi connectivity index (χ3n) is 3.23. The molecule has 96 valence electrons. The van der Waals surface area contributed by atoms with Crippen LogP contribution in [0.1, 0.15) is 31.1 Å². The molecule has 2 unspecified atom stereocenters. The van der Waals surface area contributed by atoms with Crippen LogP contribution in [-0.4, -0.2) is 12.6 Å². The molecule has 2 rings (SSSR count). The minimum Gasteiger partial charge on any atom is -0.469 e. The lowest BCUT2D eigenvalue weighted by Gasteiger charge is -2.17. The zero-order valence-electron chi connectivity index (χ0n) is 11.1. The number of hydrogen-bond acceptors (Lipinski definition) is 2. The van der Waals surface area contributed by atoms with Gasteiger partial charge in [0.05, 0.1) is 6.26 Å². The molecule has 1 aromatic carbocycles. The van der Waals surface area contributed by atoms with Gasteiger partial charge in [0, 0.05) is 19.0 Å². The summed E-state index contributed by atoms with van der Waals surface area (Å²) in [6.07, 6.45) is 2.67. The summed E-state index contributed by atoms with van der Waals surface area (Å²) >= 11 is 0. The Labute approximate surface area is 109 Å². The van der Waals surface area contributed by atoms with Crippen molar-refractivity contribution in [3.63, 3.8) is 0 Å². The fourth-order valence-electron chi connectivity index (χ4n) is 2.08. The van der Waals surface area contributed by atoms with Gasteiger partial charge in [-0.3, -0.25) is 0 Å². The SMILES string of the molecule is CC(Cc1ccco1)NCC(C)c1ccccc1. The molecule has 2 nitrogen and oxygen atoms in total. The maximum absolute atomic E-state index is 5.36. The van der Waals surface area contributed by atoms with Crippen LogP contribution in [-0.2, 0) is 6.42 Å². The van der Waals surface area contributed by atoms with Gasteiger partial charge < -0.3 is 9.73 Å². The van der Waals surface area contributed by atoms with Crippen LogP contribution < -0.4 is 5.32 Å². The summed E-state index contributed by atoms with van der Waals surface area (Å²) in [4.78, 5) is 0. The highest BCUT2D eigenvalue weighted by atomic mass is 16.3. The van der Waals surface area contributed by atoms with Gasteiger partial charge in [0.2, 0.25) is 0 Å². The van der Waals surface area contributed by atoms with Crippen LogP contribution in [0.4, 0.5) is 0 Å². The summed E-state index contributed by atoms with van der Waals surface area (Å²) in [7, 11) is 0. The van der Waals surface area contributed by atoms with Crippen molar-refractivity contribution in [2.45, 2.75) is 32.2 Å². The fraction of sp³-hybridized carbons (Fsp3) is 0.375. The van der Waals surface area contributed by atoms with Crippen LogP contribution in [0.25, 0.3) is 0 Å². The van der Waals surface area contributed by atoms with E-state index in [1.165, 1.54) is 5.56 Å². The highest BCUT2D eigenvalue weighted by molar-refractivity contribution is 5.19. The summed E-state index contributed by atoms with van der Waals surface area (Å²) in [6, 6.07) is 15.0. The van der Waals surface area contributed by atoms with Crippen molar-refractivity contribution >= 4 is 0 Å². The normalized spacial score (nSPS) is 14.3. The third-order valence-corrected chi connectivity index (χ3v) is 3.23. The van der Waals surface area contributed by atoms with Gasteiger partial charge in [-0.05, 0) is 30.5 Å². The molecule has 2 heteroatoms. The topological polar surface area (TPSA) is 25.2 Å². The van der Waals surface area contributed by atoms with Crippen molar-refractivity contribution in [3.8, 4) is 0 Å². The lowest BCUT2D eigenvalue weighted by Crippen LogP contribution is -2.31. The van der Waals surface area contributed by atoms with Gasteiger partial charge >= 0.3 is 0 Å². The van der Waals surface area contributed by atoms with E-state index in [-0.39, 0.29) is 0 Å². The first-order valence-electron chi connectivity index (χ1n) is 6.56. The molecule has 0 saturated carbocycles. The molecule has 0 spiro atoms. The number of benzene rings is 1. The lowest BCUT2D eigenvalue weighted by atomic mass is 10.0. The summed E-state index contributed by atoms with van der Waals surface area (Å²) < 4.78 is 5.36. The van der Waals surface area contributed by atoms with E-state index in [9.17, 15) is 0 Å². The highest BCUT2D eigenvalue weighted by Crippen LogP contribution is 2.13. The predicted octanol–water partition coefficient (Wildman–Crippen LogP) is 3.60. The molecule has 0 aliphatic heterocycles. The van der Waals surface area contributed by atoms with Crippen LogP contribution >= 0.6 is 0 Å². The molecule has 18 heavy (non-hydrogen) atoms. The highest BCUT2D eigenvalue weighted by Gasteiger charge is 2.08. The van der Waals surface area contributed by atoms with Gasteiger partial charge in [0.25, 0.3) is 0 Å². The molecule has 1 aromatic heterocycles. The molecule has 2 atom stereocenters. The molecule has 1 heterocycles. The maximum atomic E-state index is 5.36. The monoisotopic (exact) mass is 243 g/mol. The number of furan rings is 1. The quantitative estimate of drug-likeness (QED) is 0.838. The van der Waals surface area contributed by atoms with Crippen LogP contribution in [0.15, 0.2) is 53.1 Å². The first-order chi connectivity index (χ1) is 8.75. The van der Waals surface area contributed by atoms with Gasteiger partial charge in [0.1, 0.15) is 5.76 Å². The second-order valence-electron chi connectivity index (χ2n) is 4.90. The van der Waals surface area contributed by atoms with Crippen LogP contribution in [0.2, 0.25) is 0 Å². The molecular formula is C16H21NO. The molecule has 0 fully saturated rings. The Hall–Kier alpha value is -1.54. The fourth-order valence-corrected chi connectivity index (χ4v) is 2.08. The molecule has 0 bridgehead atoms. The standard InChI is InChI=1S/C16H21NO/c1-13(15-7-4-3-5-8-15)12-17-14(2)11-16-9-6-10-18-16/h3-10,13-14,17H,11-12H2,1-2H3. The van der Waals surface area contributed by atoms with Gasteiger partial charge in [-0.2, -0.15) is 0 Å². The molecule has 0 saturated heterocycles. The summed E-state index contributed by atoms with van der Waals surface area (Å²) in [5.41, 5.74) is 1.38. The van der Waals surface area contributed by atoms with Crippen LogP contribution in [0.3, 0.4) is 0 Å². The zero-order chi connectivity index (χ0) is 12.8. The average molecular weight is 243 g/mol. The van der Waals surface area contributed by atoms with Crippen molar-refractivity contribution in [2.75, 3.05) is 6.54 Å². The van der Waals surface area contributed by atoms with E-state index < -0.39 is 0 Å². The second-order valence-corrected chi connectivity index (χ2v) is 4.90. The van der Waals surface area contributed by atoms with Crippen molar-refractivity contribution < 1.29 is 4.42 Å². The van der Waals surface area contributed by atoms with Crippen molar-refractivity contribution in [1.82, 2.24) is 5.32 Å². The van der Waals surface area contributed by atoms with E-state index in [2.05, 4.69) is 49.5 Å². The van der Waals surface area contributed by atoms with Gasteiger partial charge in [-0.1, -0.05) is 37.3 Å². The second kappa shape index (κ2) is 6.41. The molecule has 0 amide bonds. The van der Waals surface area contributed by atoms with Crippen molar-refractivity contribution in [2.24, 2.45) is 0 Å². The average Bonchev–Trinajstić information content (AvgIpc) is 2.90. The van der Waals surface area contributed by atoms with Crippen molar-refractivity contribution in [3.05, 3.63) is 60.1 Å². The maximum Gasteiger partial charge on any atom is 0.105 e. The molecule has 2 aromatic rings. The largest absolute Gasteiger partial charge is 0.469 e. The predicted molar refractivity (Wildman–Crippen MR) is 74.7 cm³/mol. The zero-order valence-corrected chi connectivity index (χ0v) is 11.1. The number of nitrogens with one attached hydrogen (secondary N) is 1. The lowest BCUT2D eigenvalue weighted by molar-refractivity contribution is 0.449.